The Morgan fingerprint density at radius 1 is 1.53 bits per heavy atom. The highest BCUT2D eigenvalue weighted by Gasteiger charge is 2.27. The third-order valence-electron chi connectivity index (χ3n) is 2.21. The summed E-state index contributed by atoms with van der Waals surface area (Å²) < 4.78 is 30.7. The number of nitrogens with one attached hydrogen (secondary N) is 1. The molecule has 0 aliphatic heterocycles. The van der Waals surface area contributed by atoms with Gasteiger partial charge in [0.05, 0.1) is 25.8 Å². The van der Waals surface area contributed by atoms with Gasteiger partial charge in [-0.05, 0) is 18.2 Å². The Labute approximate surface area is 120 Å². The molecule has 0 aliphatic carbocycles. The minimum absolute atomic E-state index is 0. The zero-order valence-corrected chi connectivity index (χ0v) is 11.7. The number of alkyl halides is 2. The normalized spacial score (nSPS) is 10.6. The number of carbonyl (C=O) groups excluding carboxylic acids is 1. The van der Waals surface area contributed by atoms with Crippen molar-refractivity contribution in [3.63, 3.8) is 0 Å². The summed E-state index contributed by atoms with van der Waals surface area (Å²) in [7, 11) is 1.36. The molecule has 0 aliphatic rings. The number of methoxy groups -OCH3 is 1. The topological polar surface area (TPSA) is 64.3 Å². The minimum Gasteiger partial charge on any atom is -0.496 e. The lowest BCUT2D eigenvalue weighted by Crippen LogP contribution is -2.41. The molecule has 8 heteroatoms. The molecule has 3 N–H and O–H groups in total. The summed E-state index contributed by atoms with van der Waals surface area (Å²) in [5.74, 6) is -3.58. The Balaban J connectivity index is 0.00000324. The van der Waals surface area contributed by atoms with Crippen LogP contribution in [0, 0.1) is 0 Å². The molecule has 108 valence electrons. The third kappa shape index (κ3) is 5.18. The number of benzene rings is 1. The maximum atomic E-state index is 12.9. The van der Waals surface area contributed by atoms with Crippen molar-refractivity contribution in [1.29, 1.82) is 0 Å². The standard InChI is InChI=1S/C11H13ClF2N2O2.ClH/c1-18-9-4-7(12)2-3-8(9)10(17)16-6-11(13,14)5-15;/h2-4H,5-6,15H2,1H3,(H,16,17);1H. The molecule has 0 radical (unpaired) electrons. The van der Waals surface area contributed by atoms with Crippen molar-refractivity contribution < 1.29 is 18.3 Å². The molecule has 0 saturated heterocycles. The quantitative estimate of drug-likeness (QED) is 0.874. The Bertz CT molecular complexity index is 445. The van der Waals surface area contributed by atoms with Crippen LogP contribution >= 0.6 is 24.0 Å². The van der Waals surface area contributed by atoms with Crippen LogP contribution in [0.25, 0.3) is 0 Å². The van der Waals surface area contributed by atoms with Crippen LogP contribution in [0.4, 0.5) is 8.78 Å². The summed E-state index contributed by atoms with van der Waals surface area (Å²) in [5, 5.41) is 2.48. The lowest BCUT2D eigenvalue weighted by Gasteiger charge is -2.15. The first-order valence-corrected chi connectivity index (χ1v) is 5.47. The smallest absolute Gasteiger partial charge is 0.277 e. The highest BCUT2D eigenvalue weighted by molar-refractivity contribution is 6.30. The zero-order valence-electron chi connectivity index (χ0n) is 10.1. The fourth-order valence-corrected chi connectivity index (χ4v) is 1.39. The van der Waals surface area contributed by atoms with E-state index >= 15 is 0 Å². The molecule has 0 aromatic heterocycles. The van der Waals surface area contributed by atoms with E-state index in [2.05, 4.69) is 5.32 Å². The van der Waals surface area contributed by atoms with E-state index in [9.17, 15) is 13.6 Å². The molecule has 0 unspecified atom stereocenters. The van der Waals surface area contributed by atoms with Gasteiger partial charge in [-0.3, -0.25) is 4.79 Å². The number of rotatable bonds is 5. The van der Waals surface area contributed by atoms with Crippen LogP contribution in [0.5, 0.6) is 5.75 Å². The summed E-state index contributed by atoms with van der Waals surface area (Å²) >= 11 is 5.72. The van der Waals surface area contributed by atoms with Gasteiger partial charge in [-0.15, -0.1) is 12.4 Å². The molecular formula is C11H14Cl2F2N2O2. The van der Waals surface area contributed by atoms with Crippen molar-refractivity contribution >= 4 is 29.9 Å². The average Bonchev–Trinajstić information content (AvgIpc) is 2.36. The van der Waals surface area contributed by atoms with Gasteiger partial charge in [-0.2, -0.15) is 0 Å². The van der Waals surface area contributed by atoms with Crippen LogP contribution in [0.1, 0.15) is 10.4 Å². The van der Waals surface area contributed by atoms with Gasteiger partial charge in [0.25, 0.3) is 11.8 Å². The van der Waals surface area contributed by atoms with Crippen LogP contribution in [0.2, 0.25) is 5.02 Å². The molecule has 19 heavy (non-hydrogen) atoms. The second-order valence-corrected chi connectivity index (χ2v) is 4.02. The number of halogens is 4. The first-order valence-electron chi connectivity index (χ1n) is 5.09. The van der Waals surface area contributed by atoms with Crippen molar-refractivity contribution in [2.24, 2.45) is 5.73 Å². The van der Waals surface area contributed by atoms with Gasteiger partial charge in [0, 0.05) is 5.02 Å². The molecule has 4 nitrogen and oxygen atoms in total. The number of hydrogen-bond acceptors (Lipinski definition) is 3. The van der Waals surface area contributed by atoms with Gasteiger partial charge in [-0.25, -0.2) is 8.78 Å². The SMILES string of the molecule is COc1cc(Cl)ccc1C(=O)NCC(F)(F)CN.Cl. The summed E-state index contributed by atoms with van der Waals surface area (Å²) in [6.45, 7) is -1.65. The lowest BCUT2D eigenvalue weighted by molar-refractivity contribution is 0.0118. The Kier molecular flexibility index (Phi) is 7.04. The molecule has 1 aromatic rings. The molecule has 1 amide bonds. The largest absolute Gasteiger partial charge is 0.496 e. The third-order valence-corrected chi connectivity index (χ3v) is 2.45. The van der Waals surface area contributed by atoms with Gasteiger partial charge in [0.1, 0.15) is 5.75 Å². The first-order chi connectivity index (χ1) is 8.39. The molecule has 0 heterocycles. The van der Waals surface area contributed by atoms with E-state index in [1.807, 2.05) is 0 Å². The maximum Gasteiger partial charge on any atom is 0.277 e. The minimum atomic E-state index is -3.13. The molecule has 0 fully saturated rings. The van der Waals surface area contributed by atoms with Crippen molar-refractivity contribution in [3.05, 3.63) is 28.8 Å². The van der Waals surface area contributed by atoms with Crippen molar-refractivity contribution in [1.82, 2.24) is 5.32 Å². The van der Waals surface area contributed by atoms with E-state index in [1.54, 1.807) is 0 Å². The van der Waals surface area contributed by atoms with E-state index < -0.39 is 24.9 Å². The van der Waals surface area contributed by atoms with Crippen LogP contribution in [0.3, 0.4) is 0 Å². The van der Waals surface area contributed by atoms with Crippen LogP contribution < -0.4 is 15.8 Å². The van der Waals surface area contributed by atoms with Crippen molar-refractivity contribution in [3.8, 4) is 5.75 Å². The maximum absolute atomic E-state index is 12.9. The van der Waals surface area contributed by atoms with Crippen LogP contribution in [-0.4, -0.2) is 32.0 Å². The predicted molar refractivity (Wildman–Crippen MR) is 71.6 cm³/mol. The monoisotopic (exact) mass is 314 g/mol. The van der Waals surface area contributed by atoms with Gasteiger partial charge >= 0.3 is 0 Å². The van der Waals surface area contributed by atoms with Gasteiger partial charge in [-0.1, -0.05) is 11.6 Å². The predicted octanol–water partition coefficient (Wildman–Crippen LogP) is 2.09. The first kappa shape index (κ1) is 17.9. The lowest BCUT2D eigenvalue weighted by atomic mass is 10.2. The van der Waals surface area contributed by atoms with E-state index in [4.69, 9.17) is 22.1 Å². The highest BCUT2D eigenvalue weighted by atomic mass is 35.5. The Hall–Kier alpha value is -1.11. The number of hydrogen-bond donors (Lipinski definition) is 2. The fourth-order valence-electron chi connectivity index (χ4n) is 1.23. The summed E-state index contributed by atoms with van der Waals surface area (Å²) in [5.41, 5.74) is 5.00. The fraction of sp³-hybridized carbons (Fsp3) is 0.364. The number of nitrogens with two attached hydrogens (primary N) is 1. The van der Waals surface area contributed by atoms with E-state index in [-0.39, 0.29) is 23.7 Å². The highest BCUT2D eigenvalue weighted by Crippen LogP contribution is 2.23. The average molecular weight is 315 g/mol. The molecule has 1 rings (SSSR count). The molecule has 0 atom stereocenters. The van der Waals surface area contributed by atoms with Gasteiger partial charge in [0.15, 0.2) is 0 Å². The summed E-state index contributed by atoms with van der Waals surface area (Å²) in [6, 6.07) is 4.30. The molecule has 0 spiro atoms. The Morgan fingerprint density at radius 2 is 2.16 bits per heavy atom. The van der Waals surface area contributed by atoms with Crippen LogP contribution in [-0.2, 0) is 0 Å². The summed E-state index contributed by atoms with van der Waals surface area (Å²) in [6.07, 6.45) is 0. The van der Waals surface area contributed by atoms with Gasteiger partial charge < -0.3 is 15.8 Å². The zero-order chi connectivity index (χ0) is 13.8. The molecule has 0 saturated carbocycles. The van der Waals surface area contributed by atoms with Crippen molar-refractivity contribution in [2.45, 2.75) is 5.92 Å². The van der Waals surface area contributed by atoms with E-state index in [0.29, 0.717) is 5.02 Å². The van der Waals surface area contributed by atoms with Gasteiger partial charge in [0.2, 0.25) is 0 Å². The van der Waals surface area contributed by atoms with Crippen molar-refractivity contribution in [2.75, 3.05) is 20.2 Å². The molecular weight excluding hydrogens is 301 g/mol. The van der Waals surface area contributed by atoms with E-state index in [0.717, 1.165) is 0 Å². The van der Waals surface area contributed by atoms with Crippen LogP contribution in [0.15, 0.2) is 18.2 Å². The Morgan fingerprint density at radius 3 is 2.68 bits per heavy atom. The second-order valence-electron chi connectivity index (χ2n) is 3.59. The van der Waals surface area contributed by atoms with E-state index in [1.165, 1.54) is 25.3 Å². The summed E-state index contributed by atoms with van der Waals surface area (Å²) in [4.78, 5) is 11.7. The number of carbonyl (C=O) groups is 1. The number of amides is 1. The molecule has 0 bridgehead atoms. The molecule has 1 aromatic carbocycles. The second kappa shape index (κ2) is 7.47. The number of ether oxygens (including phenoxy) is 1.